The molecule has 2 aromatic carbocycles. The highest BCUT2D eigenvalue weighted by Crippen LogP contribution is 2.23. The largest absolute Gasteiger partial charge is 0.497 e. The highest BCUT2D eigenvalue weighted by Gasteiger charge is 2.15. The molecule has 0 unspecified atom stereocenters. The Morgan fingerprint density at radius 2 is 1.51 bits per heavy atom. The van der Waals surface area contributed by atoms with Crippen molar-refractivity contribution in [3.63, 3.8) is 0 Å². The Morgan fingerprint density at radius 1 is 0.805 bits per heavy atom. The second-order valence-corrected chi connectivity index (χ2v) is 9.77. The highest BCUT2D eigenvalue weighted by molar-refractivity contribution is 5.94. The first-order valence-corrected chi connectivity index (χ1v) is 14.4. The number of carbonyl (C=O) groups is 1. The average Bonchev–Trinajstić information content (AvgIpc) is 3.27. The Balaban J connectivity index is 1.20. The lowest BCUT2D eigenvalue weighted by Crippen LogP contribution is -2.27. The van der Waals surface area contributed by atoms with E-state index in [1.807, 2.05) is 42.5 Å². The zero-order valence-corrected chi connectivity index (χ0v) is 23.7. The van der Waals surface area contributed by atoms with Crippen LogP contribution in [0, 0.1) is 0 Å². The van der Waals surface area contributed by atoms with Crippen LogP contribution in [-0.2, 0) is 9.47 Å². The van der Waals surface area contributed by atoms with Gasteiger partial charge >= 0.3 is 0 Å². The van der Waals surface area contributed by atoms with Gasteiger partial charge in [0.05, 0.1) is 33.5 Å². The van der Waals surface area contributed by atoms with Gasteiger partial charge in [0, 0.05) is 36.4 Å². The van der Waals surface area contributed by atoms with Gasteiger partial charge in [-0.05, 0) is 37.1 Å². The van der Waals surface area contributed by atoms with Crippen LogP contribution in [0.4, 0.5) is 23.5 Å². The van der Waals surface area contributed by atoms with Crippen molar-refractivity contribution in [2.24, 2.45) is 0 Å². The lowest BCUT2D eigenvalue weighted by atomic mass is 10.1. The SMILES string of the molecule is COc1cccc(Nc2nc(NCCOCCOCCNC(=O)c3ccccc3)nc(NC3CCCCCC3)n2)c1. The molecule has 4 rings (SSSR count). The Labute approximate surface area is 241 Å². The molecule has 220 valence electrons. The molecular weight excluding hydrogens is 522 g/mol. The molecule has 0 aliphatic heterocycles. The van der Waals surface area contributed by atoms with E-state index in [9.17, 15) is 4.79 Å². The van der Waals surface area contributed by atoms with Gasteiger partial charge in [0.1, 0.15) is 5.75 Å². The van der Waals surface area contributed by atoms with E-state index in [1.54, 1.807) is 19.2 Å². The number of ether oxygens (including phenoxy) is 3. The minimum absolute atomic E-state index is 0.107. The van der Waals surface area contributed by atoms with Crippen molar-refractivity contribution in [2.45, 2.75) is 44.6 Å². The number of carbonyl (C=O) groups excluding carboxylic acids is 1. The average molecular weight is 564 g/mol. The van der Waals surface area contributed by atoms with Crippen LogP contribution in [0.5, 0.6) is 5.75 Å². The number of aromatic nitrogens is 3. The summed E-state index contributed by atoms with van der Waals surface area (Å²) in [5.74, 6) is 2.10. The minimum atomic E-state index is -0.107. The third-order valence-electron chi connectivity index (χ3n) is 6.62. The lowest BCUT2D eigenvalue weighted by molar-refractivity contribution is 0.0519. The molecule has 0 bridgehead atoms. The Hall–Kier alpha value is -3.96. The van der Waals surface area contributed by atoms with Crippen molar-refractivity contribution in [3.8, 4) is 5.75 Å². The lowest BCUT2D eigenvalue weighted by Gasteiger charge is -2.17. The van der Waals surface area contributed by atoms with Gasteiger partial charge in [-0.2, -0.15) is 15.0 Å². The summed E-state index contributed by atoms with van der Waals surface area (Å²) in [7, 11) is 1.64. The molecule has 0 radical (unpaired) electrons. The molecule has 3 aromatic rings. The zero-order valence-electron chi connectivity index (χ0n) is 23.7. The maximum absolute atomic E-state index is 12.0. The summed E-state index contributed by atoms with van der Waals surface area (Å²) in [5.41, 5.74) is 1.46. The van der Waals surface area contributed by atoms with E-state index in [0.717, 1.165) is 24.3 Å². The molecule has 0 atom stereocenters. The first-order valence-electron chi connectivity index (χ1n) is 14.4. The molecule has 1 amide bonds. The predicted molar refractivity (Wildman–Crippen MR) is 160 cm³/mol. The monoisotopic (exact) mass is 563 g/mol. The summed E-state index contributed by atoms with van der Waals surface area (Å²) in [5, 5.41) is 12.9. The molecule has 1 aromatic heterocycles. The molecular formula is C30H41N7O4. The summed E-state index contributed by atoms with van der Waals surface area (Å²) >= 11 is 0. The van der Waals surface area contributed by atoms with Crippen molar-refractivity contribution < 1.29 is 19.0 Å². The quantitative estimate of drug-likeness (QED) is 0.144. The summed E-state index contributed by atoms with van der Waals surface area (Å²) in [6, 6.07) is 17.1. The molecule has 0 spiro atoms. The Bertz CT molecular complexity index is 1190. The second kappa shape index (κ2) is 17.0. The van der Waals surface area contributed by atoms with Gasteiger partial charge in [-0.1, -0.05) is 49.9 Å². The molecule has 0 saturated heterocycles. The third-order valence-corrected chi connectivity index (χ3v) is 6.62. The number of nitrogens with one attached hydrogen (secondary N) is 4. The van der Waals surface area contributed by atoms with E-state index in [2.05, 4.69) is 36.2 Å². The van der Waals surface area contributed by atoms with Crippen LogP contribution in [0.3, 0.4) is 0 Å². The van der Waals surface area contributed by atoms with Crippen LogP contribution in [0.15, 0.2) is 54.6 Å². The maximum Gasteiger partial charge on any atom is 0.251 e. The molecule has 1 fully saturated rings. The maximum atomic E-state index is 12.0. The Morgan fingerprint density at radius 3 is 2.27 bits per heavy atom. The first kappa shape index (κ1) is 30.0. The summed E-state index contributed by atoms with van der Waals surface area (Å²) in [6.45, 7) is 2.74. The molecule has 4 N–H and O–H groups in total. The first-order chi connectivity index (χ1) is 20.2. The topological polar surface area (TPSA) is 132 Å². The number of rotatable bonds is 16. The fourth-order valence-corrected chi connectivity index (χ4v) is 4.50. The summed E-state index contributed by atoms with van der Waals surface area (Å²) in [6.07, 6.45) is 7.21. The van der Waals surface area contributed by atoms with Crippen LogP contribution in [0.1, 0.15) is 48.9 Å². The zero-order chi connectivity index (χ0) is 28.5. The van der Waals surface area contributed by atoms with Gasteiger partial charge in [0.15, 0.2) is 0 Å². The van der Waals surface area contributed by atoms with Gasteiger partial charge in [0.2, 0.25) is 17.8 Å². The van der Waals surface area contributed by atoms with Crippen LogP contribution in [0.2, 0.25) is 0 Å². The molecule has 1 aliphatic carbocycles. The van der Waals surface area contributed by atoms with E-state index < -0.39 is 0 Å². The van der Waals surface area contributed by atoms with E-state index in [4.69, 9.17) is 14.2 Å². The number of amides is 1. The summed E-state index contributed by atoms with van der Waals surface area (Å²) < 4.78 is 16.6. The van der Waals surface area contributed by atoms with E-state index in [1.165, 1.54) is 25.7 Å². The van der Waals surface area contributed by atoms with Crippen molar-refractivity contribution in [2.75, 3.05) is 62.6 Å². The fraction of sp³-hybridized carbons (Fsp3) is 0.467. The van der Waals surface area contributed by atoms with Gasteiger partial charge in [-0.3, -0.25) is 4.79 Å². The van der Waals surface area contributed by atoms with Crippen LogP contribution >= 0.6 is 0 Å². The molecule has 1 saturated carbocycles. The standard InChI is InChI=1S/C30H41N7O4/c1-39-26-15-9-14-25(22-26)34-30-36-28(35-29(37-30)33-24-12-7-2-3-8-13-24)32-17-19-41-21-20-40-18-16-31-27(38)23-10-5-4-6-11-23/h4-6,9-11,14-15,22,24H,2-3,7-8,12-13,16-21H2,1H3,(H,31,38)(H3,32,33,34,35,36,37). The van der Waals surface area contributed by atoms with Crippen molar-refractivity contribution in [3.05, 3.63) is 60.2 Å². The van der Waals surface area contributed by atoms with Crippen molar-refractivity contribution in [1.82, 2.24) is 20.3 Å². The van der Waals surface area contributed by atoms with Crippen molar-refractivity contribution in [1.29, 1.82) is 0 Å². The number of nitrogens with zero attached hydrogens (tertiary/aromatic N) is 3. The smallest absolute Gasteiger partial charge is 0.251 e. The summed E-state index contributed by atoms with van der Waals surface area (Å²) in [4.78, 5) is 25.8. The predicted octanol–water partition coefficient (Wildman–Crippen LogP) is 4.63. The number of anilines is 4. The number of hydrogen-bond donors (Lipinski definition) is 4. The van der Waals surface area contributed by atoms with Crippen LogP contribution < -0.4 is 26.0 Å². The van der Waals surface area contributed by atoms with E-state index in [0.29, 0.717) is 69.0 Å². The third kappa shape index (κ3) is 10.8. The van der Waals surface area contributed by atoms with Crippen LogP contribution in [-0.4, -0.2) is 73.5 Å². The minimum Gasteiger partial charge on any atom is -0.497 e. The molecule has 1 aliphatic rings. The van der Waals surface area contributed by atoms with Crippen LogP contribution in [0.25, 0.3) is 0 Å². The van der Waals surface area contributed by atoms with Gasteiger partial charge < -0.3 is 35.5 Å². The molecule has 41 heavy (non-hydrogen) atoms. The Kier molecular flexibility index (Phi) is 12.4. The normalized spacial score (nSPS) is 13.7. The number of hydrogen-bond acceptors (Lipinski definition) is 10. The van der Waals surface area contributed by atoms with E-state index in [-0.39, 0.29) is 5.91 Å². The van der Waals surface area contributed by atoms with Gasteiger partial charge in [0.25, 0.3) is 5.91 Å². The molecule has 1 heterocycles. The van der Waals surface area contributed by atoms with Gasteiger partial charge in [-0.15, -0.1) is 0 Å². The van der Waals surface area contributed by atoms with Gasteiger partial charge in [-0.25, -0.2) is 0 Å². The second-order valence-electron chi connectivity index (χ2n) is 9.77. The number of methoxy groups -OCH3 is 1. The van der Waals surface area contributed by atoms with E-state index >= 15 is 0 Å². The van der Waals surface area contributed by atoms with Crippen molar-refractivity contribution >= 4 is 29.4 Å². The fourth-order valence-electron chi connectivity index (χ4n) is 4.50. The highest BCUT2D eigenvalue weighted by atomic mass is 16.5. The number of benzene rings is 2. The molecule has 11 nitrogen and oxygen atoms in total. The molecule has 11 heteroatoms.